The second-order valence-corrected chi connectivity index (χ2v) is 5.08. The number of methoxy groups -OCH3 is 1. The van der Waals surface area contributed by atoms with Gasteiger partial charge < -0.3 is 9.64 Å². The van der Waals surface area contributed by atoms with E-state index in [1.54, 1.807) is 7.11 Å². The highest BCUT2D eigenvalue weighted by molar-refractivity contribution is 5.36. The summed E-state index contributed by atoms with van der Waals surface area (Å²) in [7, 11) is 1.66. The van der Waals surface area contributed by atoms with Gasteiger partial charge in [-0.15, -0.1) is 11.5 Å². The third kappa shape index (κ3) is 2.84. The number of ether oxygens (including phenoxy) is 1. The average molecular weight is 282 g/mol. The number of aromatic nitrogens is 3. The zero-order valence-corrected chi connectivity index (χ0v) is 12.1. The third-order valence-corrected chi connectivity index (χ3v) is 3.66. The number of benzene rings is 1. The highest BCUT2D eigenvalue weighted by Gasteiger charge is 2.19. The second-order valence-electron chi connectivity index (χ2n) is 5.08. The normalized spacial score (nSPS) is 14.2. The lowest BCUT2D eigenvalue weighted by molar-refractivity contribution is 0.414. The number of terminal acetylenes is 1. The van der Waals surface area contributed by atoms with Crippen molar-refractivity contribution in [2.24, 2.45) is 0 Å². The summed E-state index contributed by atoms with van der Waals surface area (Å²) in [6.45, 7) is 2.70. The first kappa shape index (κ1) is 13.5. The van der Waals surface area contributed by atoms with Crippen LogP contribution in [-0.2, 0) is 6.54 Å². The third-order valence-electron chi connectivity index (χ3n) is 3.66. The minimum atomic E-state index is 0.449. The molecule has 0 saturated carbocycles. The van der Waals surface area contributed by atoms with Gasteiger partial charge in [0.1, 0.15) is 5.75 Å². The van der Waals surface area contributed by atoms with E-state index in [4.69, 9.17) is 11.2 Å². The Kier molecular flexibility index (Phi) is 3.78. The van der Waals surface area contributed by atoms with Crippen LogP contribution in [0.3, 0.4) is 0 Å². The van der Waals surface area contributed by atoms with Gasteiger partial charge in [0.15, 0.2) is 0 Å². The van der Waals surface area contributed by atoms with Crippen LogP contribution in [0.1, 0.15) is 24.2 Å². The Labute approximate surface area is 124 Å². The maximum atomic E-state index is 5.44. The molecule has 0 atom stereocenters. The maximum absolute atomic E-state index is 5.44. The Morgan fingerprint density at radius 2 is 1.95 bits per heavy atom. The summed E-state index contributed by atoms with van der Waals surface area (Å²) in [6.07, 6.45) is 7.83. The smallest absolute Gasteiger partial charge is 0.226 e. The largest absolute Gasteiger partial charge is 0.497 e. The van der Waals surface area contributed by atoms with Crippen LogP contribution in [0.15, 0.2) is 24.3 Å². The van der Waals surface area contributed by atoms with Crippen molar-refractivity contribution in [3.05, 3.63) is 35.7 Å². The van der Waals surface area contributed by atoms with Crippen molar-refractivity contribution >= 4 is 5.95 Å². The van der Waals surface area contributed by atoms with Crippen LogP contribution in [0.25, 0.3) is 0 Å². The molecule has 0 aliphatic carbocycles. The maximum Gasteiger partial charge on any atom is 0.226 e. The molecule has 0 amide bonds. The molecule has 5 heteroatoms. The molecule has 0 bridgehead atoms. The Morgan fingerprint density at radius 1 is 1.24 bits per heavy atom. The fraction of sp³-hybridized carbons (Fsp3) is 0.375. The predicted octanol–water partition coefficient (Wildman–Crippen LogP) is 1.92. The van der Waals surface area contributed by atoms with Crippen LogP contribution in [0, 0.1) is 12.3 Å². The lowest BCUT2D eigenvalue weighted by Gasteiger charge is -2.16. The summed E-state index contributed by atoms with van der Waals surface area (Å²) in [5.41, 5.74) is 1.14. The number of anilines is 1. The van der Waals surface area contributed by atoms with E-state index < -0.39 is 0 Å². The molecule has 2 heterocycles. The van der Waals surface area contributed by atoms with E-state index in [0.29, 0.717) is 12.4 Å². The van der Waals surface area contributed by atoms with E-state index in [9.17, 15) is 0 Å². The van der Waals surface area contributed by atoms with Gasteiger partial charge in [0.25, 0.3) is 0 Å². The first-order valence-electron chi connectivity index (χ1n) is 7.09. The lowest BCUT2D eigenvalue weighted by atomic mass is 10.2. The van der Waals surface area contributed by atoms with Gasteiger partial charge in [-0.05, 0) is 36.5 Å². The topological polar surface area (TPSA) is 43.2 Å². The van der Waals surface area contributed by atoms with Gasteiger partial charge in [0.05, 0.1) is 13.7 Å². The lowest BCUT2D eigenvalue weighted by Crippen LogP contribution is -2.22. The number of hydrogen-bond acceptors (Lipinski definition) is 4. The SMILES string of the molecule is C#Cc1nc(N2CCCC2)n(Cc2ccc(OC)cc2)n1. The molecule has 3 rings (SSSR count). The Bertz CT molecular complexity index is 648. The van der Waals surface area contributed by atoms with Gasteiger partial charge in [-0.2, -0.15) is 4.98 Å². The fourth-order valence-electron chi connectivity index (χ4n) is 2.56. The van der Waals surface area contributed by atoms with E-state index in [0.717, 1.165) is 30.4 Å². The summed E-state index contributed by atoms with van der Waals surface area (Å²) in [5.74, 6) is 4.70. The predicted molar refractivity (Wildman–Crippen MR) is 81.5 cm³/mol. The molecule has 21 heavy (non-hydrogen) atoms. The quantitative estimate of drug-likeness (QED) is 0.804. The molecule has 0 N–H and O–H groups in total. The first-order chi connectivity index (χ1) is 10.3. The molecule has 0 unspecified atom stereocenters. The van der Waals surface area contributed by atoms with Crippen molar-refractivity contribution in [2.75, 3.05) is 25.1 Å². The van der Waals surface area contributed by atoms with Crippen LogP contribution in [0.2, 0.25) is 0 Å². The Morgan fingerprint density at radius 3 is 2.57 bits per heavy atom. The fourth-order valence-corrected chi connectivity index (χ4v) is 2.56. The van der Waals surface area contributed by atoms with Crippen LogP contribution in [-0.4, -0.2) is 35.0 Å². The van der Waals surface area contributed by atoms with Crippen LogP contribution >= 0.6 is 0 Å². The standard InChI is InChI=1S/C16H18N4O/c1-3-15-17-16(19-10-4-5-11-19)20(18-15)12-13-6-8-14(21-2)9-7-13/h1,6-9H,4-5,10-12H2,2H3. The summed E-state index contributed by atoms with van der Waals surface area (Å²) >= 11 is 0. The van der Waals surface area contributed by atoms with Gasteiger partial charge >= 0.3 is 0 Å². The van der Waals surface area contributed by atoms with Crippen molar-refractivity contribution in [1.82, 2.24) is 14.8 Å². The monoisotopic (exact) mass is 282 g/mol. The van der Waals surface area contributed by atoms with E-state index in [2.05, 4.69) is 20.9 Å². The molecule has 1 aromatic heterocycles. The van der Waals surface area contributed by atoms with Crippen molar-refractivity contribution in [3.63, 3.8) is 0 Å². The van der Waals surface area contributed by atoms with Gasteiger partial charge in [-0.25, -0.2) is 4.68 Å². The number of nitrogens with zero attached hydrogens (tertiary/aromatic N) is 4. The summed E-state index contributed by atoms with van der Waals surface area (Å²) in [6, 6.07) is 7.96. The highest BCUT2D eigenvalue weighted by Crippen LogP contribution is 2.20. The Balaban J connectivity index is 1.86. The molecule has 108 valence electrons. The molecule has 2 aromatic rings. The molecule has 1 aliphatic rings. The van der Waals surface area contributed by atoms with Crippen LogP contribution in [0.4, 0.5) is 5.95 Å². The van der Waals surface area contributed by atoms with Gasteiger partial charge in [-0.3, -0.25) is 0 Å². The summed E-state index contributed by atoms with van der Waals surface area (Å²) in [4.78, 5) is 6.70. The van der Waals surface area contributed by atoms with Gasteiger partial charge in [0, 0.05) is 13.1 Å². The zero-order chi connectivity index (χ0) is 14.7. The molecule has 1 fully saturated rings. The van der Waals surface area contributed by atoms with E-state index >= 15 is 0 Å². The minimum absolute atomic E-state index is 0.449. The second kappa shape index (κ2) is 5.88. The van der Waals surface area contributed by atoms with Crippen LogP contribution in [0.5, 0.6) is 5.75 Å². The van der Waals surface area contributed by atoms with Gasteiger partial charge in [-0.1, -0.05) is 12.1 Å². The van der Waals surface area contributed by atoms with Crippen molar-refractivity contribution in [1.29, 1.82) is 0 Å². The minimum Gasteiger partial charge on any atom is -0.497 e. The zero-order valence-electron chi connectivity index (χ0n) is 12.1. The summed E-state index contributed by atoms with van der Waals surface area (Å²) < 4.78 is 7.07. The van der Waals surface area contributed by atoms with E-state index in [1.807, 2.05) is 28.9 Å². The van der Waals surface area contributed by atoms with Crippen molar-refractivity contribution in [3.8, 4) is 18.1 Å². The number of rotatable bonds is 4. The molecular formula is C16H18N4O. The van der Waals surface area contributed by atoms with Crippen molar-refractivity contribution in [2.45, 2.75) is 19.4 Å². The molecule has 1 aliphatic heterocycles. The highest BCUT2D eigenvalue weighted by atomic mass is 16.5. The number of hydrogen-bond donors (Lipinski definition) is 0. The van der Waals surface area contributed by atoms with Crippen molar-refractivity contribution < 1.29 is 4.74 Å². The van der Waals surface area contributed by atoms with Gasteiger partial charge in [0.2, 0.25) is 11.8 Å². The van der Waals surface area contributed by atoms with Crippen LogP contribution < -0.4 is 9.64 Å². The molecule has 0 radical (unpaired) electrons. The Hall–Kier alpha value is -2.48. The molecular weight excluding hydrogens is 264 g/mol. The molecule has 1 aromatic carbocycles. The molecule has 1 saturated heterocycles. The first-order valence-corrected chi connectivity index (χ1v) is 7.09. The van der Waals surface area contributed by atoms with E-state index in [-0.39, 0.29) is 0 Å². The molecule has 5 nitrogen and oxygen atoms in total. The molecule has 0 spiro atoms. The average Bonchev–Trinajstić information content (AvgIpc) is 3.17. The summed E-state index contributed by atoms with van der Waals surface area (Å²) in [5, 5.41) is 4.41. The van der Waals surface area contributed by atoms with E-state index in [1.165, 1.54) is 12.8 Å².